The van der Waals surface area contributed by atoms with Gasteiger partial charge in [0.2, 0.25) is 0 Å². The van der Waals surface area contributed by atoms with Crippen molar-refractivity contribution < 1.29 is 14.3 Å². The Morgan fingerprint density at radius 2 is 2.08 bits per heavy atom. The summed E-state index contributed by atoms with van der Waals surface area (Å²) in [5.41, 5.74) is 0. The Morgan fingerprint density at radius 3 is 2.85 bits per heavy atom. The third-order valence-electron chi connectivity index (χ3n) is 5.81. The summed E-state index contributed by atoms with van der Waals surface area (Å²) < 4.78 is 5.74. The molecule has 1 aromatic rings. The lowest BCUT2D eigenvalue weighted by Gasteiger charge is -2.33. The van der Waals surface area contributed by atoms with Crippen LogP contribution < -0.4 is 5.32 Å². The number of rotatable bonds is 2. The number of ether oxygens (including phenoxy) is 1. The maximum atomic E-state index is 12.5. The molecule has 2 saturated heterocycles. The number of fused-ring (bicyclic) bond motifs is 1. The average molecular weight is 378 g/mol. The maximum Gasteiger partial charge on any atom is 0.315 e. The SMILES string of the molecule is CN1CCOC2CN(C(=O)C(=O)Nc3ncc(C4CCCCC4)s3)CC21. The van der Waals surface area contributed by atoms with Crippen molar-refractivity contribution >= 4 is 28.3 Å². The van der Waals surface area contributed by atoms with E-state index < -0.39 is 11.8 Å². The number of amides is 2. The van der Waals surface area contributed by atoms with Crippen molar-refractivity contribution in [2.45, 2.75) is 50.2 Å². The molecule has 1 aliphatic carbocycles. The molecule has 8 heteroatoms. The molecule has 1 N–H and O–H groups in total. The van der Waals surface area contributed by atoms with Gasteiger partial charge in [-0.3, -0.25) is 19.8 Å². The number of carbonyl (C=O) groups is 2. The van der Waals surface area contributed by atoms with Crippen molar-refractivity contribution in [3.8, 4) is 0 Å². The molecule has 0 bridgehead atoms. The Labute approximate surface area is 157 Å². The predicted octanol–water partition coefficient (Wildman–Crippen LogP) is 1.67. The second-order valence-corrected chi connectivity index (χ2v) is 8.59. The first kappa shape index (κ1) is 17.9. The summed E-state index contributed by atoms with van der Waals surface area (Å²) in [6, 6.07) is 0.179. The monoisotopic (exact) mass is 378 g/mol. The summed E-state index contributed by atoms with van der Waals surface area (Å²) in [5, 5.41) is 3.22. The highest BCUT2D eigenvalue weighted by Gasteiger charge is 2.41. The van der Waals surface area contributed by atoms with Crippen LogP contribution in [0.3, 0.4) is 0 Å². The van der Waals surface area contributed by atoms with Gasteiger partial charge in [0.15, 0.2) is 5.13 Å². The average Bonchev–Trinajstić information content (AvgIpc) is 3.29. The van der Waals surface area contributed by atoms with E-state index in [0.717, 1.165) is 6.54 Å². The molecular formula is C18H26N4O3S. The van der Waals surface area contributed by atoms with Crippen LogP contribution in [0, 0.1) is 0 Å². The van der Waals surface area contributed by atoms with Crippen molar-refractivity contribution in [1.82, 2.24) is 14.8 Å². The van der Waals surface area contributed by atoms with Crippen LogP contribution in [0.5, 0.6) is 0 Å². The topological polar surface area (TPSA) is 74.8 Å². The normalized spacial score (nSPS) is 27.3. The molecule has 2 atom stereocenters. The highest BCUT2D eigenvalue weighted by atomic mass is 32.1. The Bertz CT molecular complexity index is 673. The van der Waals surface area contributed by atoms with Gasteiger partial charge in [-0.25, -0.2) is 4.98 Å². The first-order chi connectivity index (χ1) is 12.6. The van der Waals surface area contributed by atoms with E-state index in [1.165, 1.54) is 48.3 Å². The Morgan fingerprint density at radius 1 is 1.27 bits per heavy atom. The first-order valence-corrected chi connectivity index (χ1v) is 10.3. The van der Waals surface area contributed by atoms with Gasteiger partial charge >= 0.3 is 11.8 Å². The number of hydrogen-bond donors (Lipinski definition) is 1. The predicted molar refractivity (Wildman–Crippen MR) is 99.3 cm³/mol. The minimum atomic E-state index is -0.601. The molecule has 3 heterocycles. The van der Waals surface area contributed by atoms with Crippen LogP contribution in [0.4, 0.5) is 5.13 Å². The number of thiazole rings is 1. The van der Waals surface area contributed by atoms with Crippen LogP contribution in [-0.2, 0) is 14.3 Å². The van der Waals surface area contributed by atoms with Gasteiger partial charge in [-0.15, -0.1) is 11.3 Å². The summed E-state index contributed by atoms with van der Waals surface area (Å²) in [6.45, 7) is 2.55. The first-order valence-electron chi connectivity index (χ1n) is 9.49. The number of likely N-dealkylation sites (N-methyl/N-ethyl adjacent to an activating group) is 1. The van der Waals surface area contributed by atoms with E-state index in [1.54, 1.807) is 4.90 Å². The summed E-state index contributed by atoms with van der Waals surface area (Å²) in [7, 11) is 2.04. The number of nitrogens with one attached hydrogen (secondary N) is 1. The van der Waals surface area contributed by atoms with E-state index in [4.69, 9.17) is 4.74 Å². The third kappa shape index (κ3) is 3.63. The number of hydrogen-bond acceptors (Lipinski definition) is 6. The van der Waals surface area contributed by atoms with Crippen molar-refractivity contribution in [2.75, 3.05) is 38.6 Å². The van der Waals surface area contributed by atoms with Gasteiger partial charge in [0.05, 0.1) is 18.8 Å². The molecule has 142 valence electrons. The number of anilines is 1. The second-order valence-electron chi connectivity index (χ2n) is 7.52. The Kier molecular flexibility index (Phi) is 5.24. The smallest absolute Gasteiger partial charge is 0.315 e. The van der Waals surface area contributed by atoms with Crippen molar-refractivity contribution in [3.63, 3.8) is 0 Å². The standard InChI is InChI=1S/C18H26N4O3S/c1-21-7-8-25-14-11-22(10-13(14)21)17(24)16(23)20-18-19-9-15(26-18)12-5-3-2-4-6-12/h9,12-14H,2-8,10-11H2,1H3,(H,19,20,23). The van der Waals surface area contributed by atoms with Gasteiger partial charge in [-0.1, -0.05) is 19.3 Å². The van der Waals surface area contributed by atoms with Crippen LogP contribution in [0.15, 0.2) is 6.20 Å². The minimum absolute atomic E-state index is 0.00302. The largest absolute Gasteiger partial charge is 0.373 e. The molecule has 26 heavy (non-hydrogen) atoms. The number of nitrogens with zero attached hydrogens (tertiary/aromatic N) is 3. The van der Waals surface area contributed by atoms with Crippen molar-refractivity contribution in [2.24, 2.45) is 0 Å². The summed E-state index contributed by atoms with van der Waals surface area (Å²) in [6.07, 6.45) is 8.07. The molecule has 2 amide bonds. The van der Waals surface area contributed by atoms with Crippen LogP contribution in [0.25, 0.3) is 0 Å². The lowest BCUT2D eigenvalue weighted by molar-refractivity contribution is -0.142. The minimum Gasteiger partial charge on any atom is -0.373 e. The molecule has 0 spiro atoms. The summed E-state index contributed by atoms with van der Waals surface area (Å²) in [4.78, 5) is 34.2. The summed E-state index contributed by atoms with van der Waals surface area (Å²) >= 11 is 1.50. The van der Waals surface area contributed by atoms with E-state index in [0.29, 0.717) is 30.7 Å². The quantitative estimate of drug-likeness (QED) is 0.793. The van der Waals surface area contributed by atoms with Crippen LogP contribution in [0.2, 0.25) is 0 Å². The number of morpholine rings is 1. The molecule has 0 aromatic carbocycles. The van der Waals surface area contributed by atoms with E-state index in [-0.39, 0.29) is 12.1 Å². The maximum absolute atomic E-state index is 12.5. The zero-order valence-electron chi connectivity index (χ0n) is 15.1. The van der Waals surface area contributed by atoms with Gasteiger partial charge in [0.1, 0.15) is 0 Å². The second kappa shape index (κ2) is 7.62. The van der Waals surface area contributed by atoms with Crippen molar-refractivity contribution in [3.05, 3.63) is 11.1 Å². The Balaban J connectivity index is 1.34. The highest BCUT2D eigenvalue weighted by Crippen LogP contribution is 2.36. The van der Waals surface area contributed by atoms with Gasteiger partial charge in [-0.05, 0) is 25.8 Å². The molecule has 3 fully saturated rings. The van der Waals surface area contributed by atoms with Gasteiger partial charge in [0, 0.05) is 30.7 Å². The van der Waals surface area contributed by atoms with Gasteiger partial charge < -0.3 is 9.64 Å². The van der Waals surface area contributed by atoms with Crippen LogP contribution in [0.1, 0.15) is 42.9 Å². The number of likely N-dealkylation sites (tertiary alicyclic amines) is 1. The highest BCUT2D eigenvalue weighted by molar-refractivity contribution is 7.15. The molecule has 4 rings (SSSR count). The van der Waals surface area contributed by atoms with Crippen molar-refractivity contribution in [1.29, 1.82) is 0 Å². The van der Waals surface area contributed by atoms with E-state index >= 15 is 0 Å². The van der Waals surface area contributed by atoms with Gasteiger partial charge in [-0.2, -0.15) is 0 Å². The molecular weight excluding hydrogens is 352 g/mol. The molecule has 2 aliphatic heterocycles. The molecule has 7 nitrogen and oxygen atoms in total. The lowest BCUT2D eigenvalue weighted by Crippen LogP contribution is -2.48. The fraction of sp³-hybridized carbons (Fsp3) is 0.722. The third-order valence-corrected chi connectivity index (χ3v) is 6.89. The molecule has 0 radical (unpaired) electrons. The lowest BCUT2D eigenvalue weighted by atomic mass is 9.89. The zero-order valence-corrected chi connectivity index (χ0v) is 16.0. The Hall–Kier alpha value is -1.51. The summed E-state index contributed by atoms with van der Waals surface area (Å²) in [5.74, 6) is -0.543. The fourth-order valence-electron chi connectivity index (χ4n) is 4.24. The van der Waals surface area contributed by atoms with Crippen LogP contribution in [-0.4, -0.2) is 72.0 Å². The van der Waals surface area contributed by atoms with Crippen LogP contribution >= 0.6 is 11.3 Å². The molecule has 3 aliphatic rings. The number of aromatic nitrogens is 1. The van der Waals surface area contributed by atoms with E-state index in [9.17, 15) is 9.59 Å². The number of carbonyl (C=O) groups excluding carboxylic acids is 2. The van der Waals surface area contributed by atoms with E-state index in [2.05, 4.69) is 15.2 Å². The zero-order chi connectivity index (χ0) is 18.1. The fourth-order valence-corrected chi connectivity index (χ4v) is 5.22. The van der Waals surface area contributed by atoms with E-state index in [1.807, 2.05) is 13.2 Å². The molecule has 1 aromatic heterocycles. The molecule has 1 saturated carbocycles. The van der Waals surface area contributed by atoms with Gasteiger partial charge in [0.25, 0.3) is 0 Å². The molecule has 2 unspecified atom stereocenters.